The number of nitrogens with one attached hydrogen (secondary N) is 3. The average molecular weight is 912 g/mol. The standard InChI is InChI=1S/C49H74FN5O10/c1-14-29(6)44(54(9)48(59)43(28(4)5)53-47(58)42(51-8)27(2)3)40(63-12)25-41(56)55-37-22-33(37)23-38(55)45(64-13)30(7)46(57)52-36(21-31-17-15-16-18-35(31)50)49(60)65-26-32-19-20-34(61-10)24-39(32)62-11/h15-20,24,27-30,33,36-38,40,42-45,51H,14,21-23,25-26H2,1-13H3,(H,52,57)(H,53,58)/t29-,30+,33-,36-,37-,38-,40+,42-,43-,44-,45+/m0/s1. The SMILES string of the molecule is CC[C@H](C)[C@@H]([C@@H](CC(=O)N1[C@H]2C[C@H]2C[C@H]1[C@H](OC)[C@@H](C)C(=O)N[C@@H](Cc1ccccc1F)C(=O)OCc1ccc(OC)cc1OC)OC)N(C)C(=O)[C@@H](NC(=O)[C@@H](NC)C(C)C)C(C)C. The average Bonchev–Trinajstić information content (AvgIpc) is 3.95. The number of nitrogens with zero attached hydrogens (tertiary/aromatic N) is 2. The van der Waals surface area contributed by atoms with Gasteiger partial charge in [-0.2, -0.15) is 0 Å². The monoisotopic (exact) mass is 912 g/mol. The number of rotatable bonds is 25. The van der Waals surface area contributed by atoms with E-state index < -0.39 is 66.0 Å². The van der Waals surface area contributed by atoms with Gasteiger partial charge in [0.15, 0.2) is 0 Å². The van der Waals surface area contributed by atoms with Gasteiger partial charge < -0.3 is 49.4 Å². The summed E-state index contributed by atoms with van der Waals surface area (Å²) in [6, 6.07) is 7.51. The Morgan fingerprint density at radius 1 is 0.846 bits per heavy atom. The van der Waals surface area contributed by atoms with E-state index in [0.29, 0.717) is 29.9 Å². The Kier molecular flexibility index (Phi) is 19.6. The van der Waals surface area contributed by atoms with Crippen molar-refractivity contribution in [2.24, 2.45) is 29.6 Å². The zero-order chi connectivity index (χ0) is 48.3. The molecular formula is C49H74FN5O10. The van der Waals surface area contributed by atoms with E-state index in [9.17, 15) is 28.4 Å². The minimum atomic E-state index is -1.26. The van der Waals surface area contributed by atoms with Crippen molar-refractivity contribution in [1.29, 1.82) is 0 Å². The predicted octanol–water partition coefficient (Wildman–Crippen LogP) is 4.92. The molecule has 0 unspecified atom stereocenters. The number of carbonyl (C=O) groups excluding carboxylic acids is 5. The molecular weight excluding hydrogens is 838 g/mol. The van der Waals surface area contributed by atoms with Gasteiger partial charge in [-0.05, 0) is 67.3 Å². The first kappa shape index (κ1) is 52.8. The number of likely N-dealkylation sites (N-methyl/N-ethyl adjacent to an activating group) is 2. The van der Waals surface area contributed by atoms with Crippen LogP contribution in [0.1, 0.15) is 85.3 Å². The molecule has 2 aromatic rings. The highest BCUT2D eigenvalue weighted by atomic mass is 19.1. The molecule has 4 rings (SSSR count). The summed E-state index contributed by atoms with van der Waals surface area (Å²) in [6.07, 6.45) is 0.452. The highest BCUT2D eigenvalue weighted by Gasteiger charge is 2.57. The molecule has 0 radical (unpaired) electrons. The Morgan fingerprint density at radius 3 is 2.09 bits per heavy atom. The molecule has 0 spiro atoms. The number of halogens is 1. The molecule has 3 N–H and O–H groups in total. The second-order valence-corrected chi connectivity index (χ2v) is 18.3. The highest BCUT2D eigenvalue weighted by molar-refractivity contribution is 5.90. The summed E-state index contributed by atoms with van der Waals surface area (Å²) < 4.78 is 43.5. The number of piperidine rings is 1. The normalized spacial score (nSPS) is 20.4. The molecule has 1 aliphatic heterocycles. The van der Waals surface area contributed by atoms with E-state index >= 15 is 0 Å². The lowest BCUT2D eigenvalue weighted by molar-refractivity contribution is -0.151. The maximum Gasteiger partial charge on any atom is 0.329 e. The van der Waals surface area contributed by atoms with E-state index in [4.69, 9.17) is 23.7 Å². The number of carbonyl (C=O) groups is 5. The second-order valence-electron chi connectivity index (χ2n) is 18.3. The summed E-state index contributed by atoms with van der Waals surface area (Å²) in [5, 5.41) is 8.85. The number of amides is 4. The van der Waals surface area contributed by atoms with Crippen molar-refractivity contribution in [3.63, 3.8) is 0 Å². The van der Waals surface area contributed by atoms with Gasteiger partial charge in [-0.1, -0.05) is 73.1 Å². The minimum Gasteiger partial charge on any atom is -0.497 e. The summed E-state index contributed by atoms with van der Waals surface area (Å²) in [6.45, 7) is 13.2. The van der Waals surface area contributed by atoms with Crippen LogP contribution in [-0.4, -0.2) is 130 Å². The number of fused-ring (bicyclic) bond motifs is 1. The number of methoxy groups -OCH3 is 4. The van der Waals surface area contributed by atoms with Crippen LogP contribution in [0.25, 0.3) is 0 Å². The molecule has 0 aromatic heterocycles. The summed E-state index contributed by atoms with van der Waals surface area (Å²) in [7, 11) is 9.47. The quantitative estimate of drug-likeness (QED) is 0.116. The van der Waals surface area contributed by atoms with Crippen LogP contribution in [0.2, 0.25) is 0 Å². The molecule has 1 saturated heterocycles. The van der Waals surface area contributed by atoms with Crippen LogP contribution >= 0.6 is 0 Å². The first-order valence-electron chi connectivity index (χ1n) is 22.9. The Bertz CT molecular complexity index is 1930. The number of benzene rings is 2. The van der Waals surface area contributed by atoms with E-state index in [2.05, 4.69) is 16.0 Å². The van der Waals surface area contributed by atoms with Crippen molar-refractivity contribution < 1.29 is 52.0 Å². The van der Waals surface area contributed by atoms with Gasteiger partial charge >= 0.3 is 5.97 Å². The lowest BCUT2D eigenvalue weighted by Gasteiger charge is -2.41. The molecule has 11 atom stereocenters. The van der Waals surface area contributed by atoms with Gasteiger partial charge in [-0.15, -0.1) is 0 Å². The molecule has 2 fully saturated rings. The number of likely N-dealkylation sites (tertiary alicyclic amines) is 1. The van der Waals surface area contributed by atoms with E-state index in [1.54, 1.807) is 62.3 Å². The Hall–Kier alpha value is -4.80. The van der Waals surface area contributed by atoms with Gasteiger partial charge in [0.2, 0.25) is 23.6 Å². The molecule has 2 aromatic carbocycles. The van der Waals surface area contributed by atoms with Crippen molar-refractivity contribution in [2.75, 3.05) is 42.5 Å². The number of hydrogen-bond donors (Lipinski definition) is 3. The number of ether oxygens (including phenoxy) is 5. The van der Waals surface area contributed by atoms with E-state index in [-0.39, 0.29) is 72.4 Å². The Balaban J connectivity index is 1.54. The molecule has 1 heterocycles. The molecule has 362 valence electrons. The van der Waals surface area contributed by atoms with E-state index in [1.165, 1.54) is 34.5 Å². The second kappa shape index (κ2) is 24.1. The third-order valence-electron chi connectivity index (χ3n) is 13.4. The molecule has 1 aliphatic carbocycles. The van der Waals surface area contributed by atoms with E-state index in [1.807, 2.05) is 46.4 Å². The molecule has 2 aliphatic rings. The van der Waals surface area contributed by atoms with Crippen molar-refractivity contribution in [3.8, 4) is 11.5 Å². The van der Waals surface area contributed by atoms with Crippen molar-refractivity contribution in [3.05, 3.63) is 59.4 Å². The molecule has 16 heteroatoms. The van der Waals surface area contributed by atoms with Gasteiger partial charge in [-0.25, -0.2) is 9.18 Å². The fraction of sp³-hybridized carbons (Fsp3) is 0.653. The van der Waals surface area contributed by atoms with E-state index in [0.717, 1.165) is 6.42 Å². The Morgan fingerprint density at radius 2 is 1.52 bits per heavy atom. The summed E-state index contributed by atoms with van der Waals surface area (Å²) in [5.41, 5.74) is 0.779. The van der Waals surface area contributed by atoms with Gasteiger partial charge in [-0.3, -0.25) is 19.2 Å². The van der Waals surface area contributed by atoms with Crippen LogP contribution in [0.4, 0.5) is 4.39 Å². The summed E-state index contributed by atoms with van der Waals surface area (Å²) >= 11 is 0. The maximum absolute atomic E-state index is 15.0. The van der Waals surface area contributed by atoms with Gasteiger partial charge in [0, 0.05) is 45.4 Å². The van der Waals surface area contributed by atoms with Crippen molar-refractivity contribution >= 4 is 29.6 Å². The van der Waals surface area contributed by atoms with Gasteiger partial charge in [0.25, 0.3) is 0 Å². The van der Waals surface area contributed by atoms with Crippen LogP contribution in [0.15, 0.2) is 42.5 Å². The van der Waals surface area contributed by atoms with Crippen LogP contribution in [0.3, 0.4) is 0 Å². The third kappa shape index (κ3) is 13.0. The molecule has 15 nitrogen and oxygen atoms in total. The number of hydrogen-bond acceptors (Lipinski definition) is 11. The predicted molar refractivity (Wildman–Crippen MR) is 244 cm³/mol. The summed E-state index contributed by atoms with van der Waals surface area (Å²) in [4.78, 5) is 73.7. The lowest BCUT2D eigenvalue weighted by Crippen LogP contribution is -2.59. The van der Waals surface area contributed by atoms with Crippen LogP contribution < -0.4 is 25.4 Å². The smallest absolute Gasteiger partial charge is 0.329 e. The number of esters is 1. The summed E-state index contributed by atoms with van der Waals surface area (Å²) in [5.74, 6) is -2.48. The fourth-order valence-electron chi connectivity index (χ4n) is 9.35. The molecule has 0 bridgehead atoms. The minimum absolute atomic E-state index is 0.000926. The third-order valence-corrected chi connectivity index (χ3v) is 13.4. The molecule has 65 heavy (non-hydrogen) atoms. The van der Waals surface area contributed by atoms with Gasteiger partial charge in [0.05, 0.1) is 56.9 Å². The van der Waals surface area contributed by atoms with Crippen molar-refractivity contribution in [2.45, 2.75) is 136 Å². The van der Waals surface area contributed by atoms with Crippen LogP contribution in [-0.2, 0) is 51.2 Å². The largest absolute Gasteiger partial charge is 0.497 e. The van der Waals surface area contributed by atoms with Crippen LogP contribution in [0, 0.1) is 35.4 Å². The molecule has 1 saturated carbocycles. The first-order valence-corrected chi connectivity index (χ1v) is 22.9. The zero-order valence-electron chi connectivity index (χ0n) is 40.6. The lowest BCUT2D eigenvalue weighted by atomic mass is 9.89. The van der Waals surface area contributed by atoms with Gasteiger partial charge in [0.1, 0.15) is 36.0 Å². The first-order chi connectivity index (χ1) is 30.9. The van der Waals surface area contributed by atoms with Crippen LogP contribution in [0.5, 0.6) is 11.5 Å². The topological polar surface area (TPSA) is 174 Å². The maximum atomic E-state index is 15.0. The fourth-order valence-corrected chi connectivity index (χ4v) is 9.35. The molecule has 4 amide bonds. The van der Waals surface area contributed by atoms with Crippen molar-refractivity contribution in [1.82, 2.24) is 25.8 Å². The zero-order valence-corrected chi connectivity index (χ0v) is 40.6. The highest BCUT2D eigenvalue weighted by Crippen LogP contribution is 2.50. The Labute approximate surface area is 385 Å².